The molecule has 0 heterocycles. The zero-order valence-electron chi connectivity index (χ0n) is 10.0. The van der Waals surface area contributed by atoms with Crippen molar-refractivity contribution in [3.63, 3.8) is 0 Å². The Morgan fingerprint density at radius 1 is 1.11 bits per heavy atom. The molecule has 100 valence electrons. The quantitative estimate of drug-likeness (QED) is 0.856. The molecule has 2 aromatic rings. The summed E-state index contributed by atoms with van der Waals surface area (Å²) in [6, 6.07) is 11.7. The Kier molecular flexibility index (Phi) is 3.91. The molecule has 3 nitrogen and oxygen atoms in total. The van der Waals surface area contributed by atoms with Crippen LogP contribution in [0.15, 0.2) is 57.9 Å². The molecule has 0 radical (unpaired) electrons. The summed E-state index contributed by atoms with van der Waals surface area (Å²) in [5.74, 6) is -0.468. The zero-order valence-corrected chi connectivity index (χ0v) is 12.4. The molecule has 0 aromatic heterocycles. The minimum Gasteiger partial charge on any atom is -0.269 e. The predicted molar refractivity (Wildman–Crippen MR) is 76.1 cm³/mol. The summed E-state index contributed by atoms with van der Waals surface area (Å²) in [5.41, 5.74) is 0.527. The molecule has 0 aliphatic heterocycles. The fourth-order valence-corrected chi connectivity index (χ4v) is 3.15. The van der Waals surface area contributed by atoms with E-state index in [4.69, 9.17) is 0 Å². The van der Waals surface area contributed by atoms with Crippen molar-refractivity contribution in [3.8, 4) is 0 Å². The van der Waals surface area contributed by atoms with Crippen molar-refractivity contribution in [2.24, 2.45) is 0 Å². The molecule has 0 bridgehead atoms. The van der Waals surface area contributed by atoms with Crippen LogP contribution in [0, 0.1) is 5.82 Å². The molecule has 0 amide bonds. The first kappa shape index (κ1) is 14.0. The molecular weight excluding hydrogens is 333 g/mol. The summed E-state index contributed by atoms with van der Waals surface area (Å²) in [6.45, 7) is 0. The van der Waals surface area contributed by atoms with Gasteiger partial charge in [-0.15, -0.1) is 0 Å². The average molecular weight is 344 g/mol. The van der Waals surface area contributed by atoms with Crippen LogP contribution in [0.25, 0.3) is 0 Å². The number of sulfonamides is 1. The Morgan fingerprint density at radius 3 is 2.32 bits per heavy atom. The molecule has 2 aromatic carbocycles. The molecule has 2 rings (SSSR count). The Balaban J connectivity index is 2.42. The summed E-state index contributed by atoms with van der Waals surface area (Å²) in [5, 5.41) is 0. The molecule has 19 heavy (non-hydrogen) atoms. The van der Waals surface area contributed by atoms with Crippen molar-refractivity contribution < 1.29 is 12.8 Å². The fraction of sp³-hybridized carbons (Fsp3) is 0.0769. The first-order chi connectivity index (χ1) is 8.91. The zero-order chi connectivity index (χ0) is 14.0. The van der Waals surface area contributed by atoms with Gasteiger partial charge in [-0.2, -0.15) is 0 Å². The molecular formula is C13H11BrFNO2S. The lowest BCUT2D eigenvalue weighted by Gasteiger charge is -2.19. The van der Waals surface area contributed by atoms with Crippen LogP contribution >= 0.6 is 15.9 Å². The van der Waals surface area contributed by atoms with Crippen molar-refractivity contribution in [2.75, 3.05) is 11.4 Å². The minimum atomic E-state index is -3.68. The monoisotopic (exact) mass is 343 g/mol. The Morgan fingerprint density at radius 2 is 1.74 bits per heavy atom. The van der Waals surface area contributed by atoms with Crippen LogP contribution in [0.2, 0.25) is 0 Å². The van der Waals surface area contributed by atoms with E-state index < -0.39 is 15.8 Å². The van der Waals surface area contributed by atoms with E-state index in [1.54, 1.807) is 18.2 Å². The van der Waals surface area contributed by atoms with Crippen molar-refractivity contribution in [3.05, 3.63) is 58.8 Å². The topological polar surface area (TPSA) is 37.4 Å². The Hall–Kier alpha value is -1.40. The van der Waals surface area contributed by atoms with Crippen molar-refractivity contribution in [2.45, 2.75) is 4.90 Å². The SMILES string of the molecule is CN(c1cccc(Br)c1)S(=O)(=O)c1ccc(F)cc1. The summed E-state index contributed by atoms with van der Waals surface area (Å²) in [6.07, 6.45) is 0. The van der Waals surface area contributed by atoms with Crippen LogP contribution in [-0.2, 0) is 10.0 Å². The predicted octanol–water partition coefficient (Wildman–Crippen LogP) is 3.41. The molecule has 0 spiro atoms. The maximum atomic E-state index is 12.8. The fourth-order valence-electron chi connectivity index (χ4n) is 1.58. The van der Waals surface area contributed by atoms with E-state index in [1.165, 1.54) is 19.2 Å². The second-order valence-electron chi connectivity index (χ2n) is 3.91. The molecule has 0 atom stereocenters. The van der Waals surface area contributed by atoms with E-state index >= 15 is 0 Å². The highest BCUT2D eigenvalue weighted by molar-refractivity contribution is 9.10. The van der Waals surface area contributed by atoms with Gasteiger partial charge in [0.1, 0.15) is 5.82 Å². The molecule has 0 unspecified atom stereocenters. The second-order valence-corrected chi connectivity index (χ2v) is 6.79. The van der Waals surface area contributed by atoms with Gasteiger partial charge in [-0.1, -0.05) is 22.0 Å². The van der Waals surface area contributed by atoms with Crippen molar-refractivity contribution in [1.29, 1.82) is 0 Å². The highest BCUT2D eigenvalue weighted by atomic mass is 79.9. The number of benzene rings is 2. The van der Waals surface area contributed by atoms with E-state index in [-0.39, 0.29) is 4.90 Å². The summed E-state index contributed by atoms with van der Waals surface area (Å²) in [4.78, 5) is 0.0522. The van der Waals surface area contributed by atoms with Crippen LogP contribution in [-0.4, -0.2) is 15.5 Å². The third-order valence-electron chi connectivity index (χ3n) is 2.64. The molecule has 0 fully saturated rings. The summed E-state index contributed by atoms with van der Waals surface area (Å²) >= 11 is 3.29. The van der Waals surface area contributed by atoms with Crippen LogP contribution in [0.5, 0.6) is 0 Å². The van der Waals surface area contributed by atoms with Crippen LogP contribution < -0.4 is 4.31 Å². The van der Waals surface area contributed by atoms with Gasteiger partial charge in [-0.05, 0) is 42.5 Å². The van der Waals surface area contributed by atoms with E-state index in [0.29, 0.717) is 5.69 Å². The van der Waals surface area contributed by atoms with Gasteiger partial charge in [0.25, 0.3) is 10.0 Å². The van der Waals surface area contributed by atoms with E-state index in [1.807, 2.05) is 6.07 Å². The van der Waals surface area contributed by atoms with Crippen molar-refractivity contribution >= 4 is 31.6 Å². The highest BCUT2D eigenvalue weighted by Gasteiger charge is 2.21. The van der Waals surface area contributed by atoms with Gasteiger partial charge in [-0.3, -0.25) is 4.31 Å². The van der Waals surface area contributed by atoms with Crippen molar-refractivity contribution in [1.82, 2.24) is 0 Å². The maximum absolute atomic E-state index is 12.8. The van der Waals surface area contributed by atoms with Gasteiger partial charge in [-0.25, -0.2) is 12.8 Å². The lowest BCUT2D eigenvalue weighted by Crippen LogP contribution is -2.26. The third-order valence-corrected chi connectivity index (χ3v) is 4.94. The van der Waals surface area contributed by atoms with Crippen LogP contribution in [0.3, 0.4) is 0 Å². The van der Waals surface area contributed by atoms with Gasteiger partial charge in [0.2, 0.25) is 0 Å². The van der Waals surface area contributed by atoms with Crippen LogP contribution in [0.1, 0.15) is 0 Å². The van der Waals surface area contributed by atoms with E-state index in [0.717, 1.165) is 20.9 Å². The lowest BCUT2D eigenvalue weighted by atomic mass is 10.3. The lowest BCUT2D eigenvalue weighted by molar-refractivity contribution is 0.593. The number of hydrogen-bond acceptors (Lipinski definition) is 2. The minimum absolute atomic E-state index is 0.0522. The largest absolute Gasteiger partial charge is 0.269 e. The number of anilines is 1. The maximum Gasteiger partial charge on any atom is 0.264 e. The molecule has 6 heteroatoms. The van der Waals surface area contributed by atoms with Gasteiger partial charge in [0, 0.05) is 11.5 Å². The number of halogens is 2. The molecule has 0 aliphatic carbocycles. The van der Waals surface area contributed by atoms with E-state index in [2.05, 4.69) is 15.9 Å². The van der Waals surface area contributed by atoms with Crippen LogP contribution in [0.4, 0.5) is 10.1 Å². The summed E-state index contributed by atoms with van der Waals surface area (Å²) in [7, 11) is -2.22. The normalized spacial score (nSPS) is 11.3. The number of rotatable bonds is 3. The molecule has 0 aliphatic rings. The number of hydrogen-bond donors (Lipinski definition) is 0. The standard InChI is InChI=1S/C13H11BrFNO2S/c1-16(12-4-2-3-10(14)9-12)19(17,18)13-7-5-11(15)6-8-13/h2-9H,1H3. The Labute approximate surface area is 119 Å². The first-order valence-electron chi connectivity index (χ1n) is 5.41. The van der Waals surface area contributed by atoms with Gasteiger partial charge < -0.3 is 0 Å². The van der Waals surface area contributed by atoms with Gasteiger partial charge in [0.15, 0.2) is 0 Å². The third kappa shape index (κ3) is 2.96. The highest BCUT2D eigenvalue weighted by Crippen LogP contribution is 2.24. The summed E-state index contributed by atoms with van der Waals surface area (Å²) < 4.78 is 39.5. The average Bonchev–Trinajstić information content (AvgIpc) is 2.38. The second kappa shape index (κ2) is 5.30. The molecule has 0 N–H and O–H groups in total. The first-order valence-corrected chi connectivity index (χ1v) is 7.64. The van der Waals surface area contributed by atoms with Gasteiger partial charge in [0.05, 0.1) is 10.6 Å². The smallest absolute Gasteiger partial charge is 0.264 e. The molecule has 0 saturated carbocycles. The Bertz CT molecular complexity index is 686. The number of nitrogens with zero attached hydrogens (tertiary/aromatic N) is 1. The van der Waals surface area contributed by atoms with E-state index in [9.17, 15) is 12.8 Å². The molecule has 0 saturated heterocycles. The van der Waals surface area contributed by atoms with Gasteiger partial charge >= 0.3 is 0 Å².